The number of ether oxygens (including phenoxy) is 2. The van der Waals surface area contributed by atoms with Crippen LogP contribution in [0.15, 0.2) is 36.4 Å². The average molecular weight is 377 g/mol. The monoisotopic (exact) mass is 377 g/mol. The molecule has 1 N–H and O–H groups in total. The van der Waals surface area contributed by atoms with Gasteiger partial charge >= 0.3 is 6.18 Å². The van der Waals surface area contributed by atoms with E-state index in [0.717, 1.165) is 12.1 Å². The van der Waals surface area contributed by atoms with Gasteiger partial charge in [0.1, 0.15) is 0 Å². The number of halogens is 3. The van der Waals surface area contributed by atoms with Crippen molar-refractivity contribution in [1.29, 1.82) is 0 Å². The normalized spacial score (nSPS) is 14.9. The second kappa shape index (κ2) is 7.34. The molecule has 4 nitrogen and oxygen atoms in total. The number of hydrogen-bond acceptors (Lipinski definition) is 3. The maximum absolute atomic E-state index is 12.9. The summed E-state index contributed by atoms with van der Waals surface area (Å²) in [6.45, 7) is 4.64. The predicted molar refractivity (Wildman–Crippen MR) is 96.7 cm³/mol. The molecule has 0 radical (unpaired) electrons. The van der Waals surface area contributed by atoms with Crippen molar-refractivity contribution >= 4 is 23.2 Å². The lowest BCUT2D eigenvalue weighted by atomic mass is 10.0. The van der Waals surface area contributed by atoms with E-state index in [4.69, 9.17) is 9.47 Å². The Morgan fingerprint density at radius 2 is 1.70 bits per heavy atom. The van der Waals surface area contributed by atoms with Crippen LogP contribution < -0.4 is 14.8 Å². The zero-order chi connectivity index (χ0) is 19.6. The fraction of sp³-hybridized carbons (Fsp3) is 0.250. The molecule has 0 saturated heterocycles. The van der Waals surface area contributed by atoms with Crippen molar-refractivity contribution in [3.63, 3.8) is 0 Å². The van der Waals surface area contributed by atoms with E-state index in [1.54, 1.807) is 24.3 Å². The highest BCUT2D eigenvalue weighted by molar-refractivity contribution is 6.34. The van der Waals surface area contributed by atoms with Crippen molar-refractivity contribution in [3.05, 3.63) is 53.1 Å². The van der Waals surface area contributed by atoms with E-state index < -0.39 is 17.6 Å². The van der Waals surface area contributed by atoms with Crippen LogP contribution in [0.2, 0.25) is 0 Å². The molecule has 0 fully saturated rings. The third-order valence-corrected chi connectivity index (χ3v) is 4.01. The van der Waals surface area contributed by atoms with Gasteiger partial charge in [-0.05, 0) is 49.8 Å². The summed E-state index contributed by atoms with van der Waals surface area (Å²) in [6.07, 6.45) is -2.85. The molecule has 2 aromatic rings. The largest absolute Gasteiger partial charge is 0.490 e. The minimum absolute atomic E-state index is 0.150. The number of carbonyl (C=O) groups excluding carboxylic acids is 1. The minimum atomic E-state index is -4.46. The van der Waals surface area contributed by atoms with Crippen LogP contribution in [-0.4, -0.2) is 19.1 Å². The minimum Gasteiger partial charge on any atom is -0.490 e. The summed E-state index contributed by atoms with van der Waals surface area (Å²) in [6, 6.07) is 8.45. The maximum atomic E-state index is 12.9. The van der Waals surface area contributed by atoms with E-state index in [1.165, 1.54) is 6.07 Å². The molecule has 2 aromatic carbocycles. The standard InChI is InChI=1S/C20H18F3NO3/c1-3-26-17-8-5-12(10-18(17)27-4-2)9-15-14-7-6-13(20(21,22)23)11-16(14)24-19(15)25/h5-11H,3-4H2,1-2H3,(H,24,25)/b15-9-. The highest BCUT2D eigenvalue weighted by Crippen LogP contribution is 2.39. The SMILES string of the molecule is CCOc1ccc(/C=C2\C(=O)Nc3cc(C(F)(F)F)ccc32)cc1OCC. The van der Waals surface area contributed by atoms with Gasteiger partial charge in [-0.25, -0.2) is 0 Å². The molecule has 0 bridgehead atoms. The number of carbonyl (C=O) groups is 1. The average Bonchev–Trinajstić information content (AvgIpc) is 2.91. The predicted octanol–water partition coefficient (Wildman–Crippen LogP) is 5.00. The molecular weight excluding hydrogens is 359 g/mol. The second-order valence-corrected chi connectivity index (χ2v) is 5.84. The summed E-state index contributed by atoms with van der Waals surface area (Å²) in [5, 5.41) is 2.49. The van der Waals surface area contributed by atoms with Crippen LogP contribution in [0.1, 0.15) is 30.5 Å². The Kier molecular flexibility index (Phi) is 5.12. The van der Waals surface area contributed by atoms with Crippen molar-refractivity contribution in [2.75, 3.05) is 18.5 Å². The van der Waals surface area contributed by atoms with Crippen LogP contribution >= 0.6 is 0 Å². The van der Waals surface area contributed by atoms with E-state index >= 15 is 0 Å². The third kappa shape index (κ3) is 3.92. The van der Waals surface area contributed by atoms with Crippen molar-refractivity contribution in [2.45, 2.75) is 20.0 Å². The number of alkyl halides is 3. The molecule has 142 valence electrons. The van der Waals surface area contributed by atoms with Gasteiger partial charge in [0.05, 0.1) is 18.8 Å². The lowest BCUT2D eigenvalue weighted by Gasteiger charge is -2.11. The number of nitrogens with one attached hydrogen (secondary N) is 1. The van der Waals surface area contributed by atoms with Crippen LogP contribution in [0.3, 0.4) is 0 Å². The quantitative estimate of drug-likeness (QED) is 0.747. The molecule has 0 aliphatic carbocycles. The first-order valence-electron chi connectivity index (χ1n) is 8.47. The Labute approximate surface area is 154 Å². The van der Waals surface area contributed by atoms with Gasteiger partial charge in [-0.3, -0.25) is 4.79 Å². The summed E-state index contributed by atoms with van der Waals surface area (Å²) >= 11 is 0. The van der Waals surface area contributed by atoms with E-state index in [2.05, 4.69) is 5.32 Å². The smallest absolute Gasteiger partial charge is 0.416 e. The van der Waals surface area contributed by atoms with Crippen LogP contribution in [0.5, 0.6) is 11.5 Å². The summed E-state index contributed by atoms with van der Waals surface area (Å²) in [4.78, 5) is 12.3. The number of hydrogen-bond donors (Lipinski definition) is 1. The molecule has 1 aliphatic rings. The van der Waals surface area contributed by atoms with Crippen molar-refractivity contribution in [1.82, 2.24) is 0 Å². The number of benzene rings is 2. The summed E-state index contributed by atoms with van der Waals surface area (Å²) in [5.41, 5.74) is 0.754. The lowest BCUT2D eigenvalue weighted by molar-refractivity contribution is -0.137. The van der Waals surface area contributed by atoms with Gasteiger partial charge in [0.25, 0.3) is 5.91 Å². The van der Waals surface area contributed by atoms with Gasteiger partial charge in [-0.2, -0.15) is 13.2 Å². The zero-order valence-electron chi connectivity index (χ0n) is 14.8. The molecule has 3 rings (SSSR count). The Morgan fingerprint density at radius 3 is 2.37 bits per heavy atom. The van der Waals surface area contributed by atoms with Gasteiger partial charge in [0.15, 0.2) is 11.5 Å². The number of amides is 1. The van der Waals surface area contributed by atoms with E-state index in [-0.39, 0.29) is 5.69 Å². The first-order chi connectivity index (χ1) is 12.8. The van der Waals surface area contributed by atoms with Crippen LogP contribution in [0.4, 0.5) is 18.9 Å². The Bertz CT molecular complexity index is 904. The highest BCUT2D eigenvalue weighted by Gasteiger charge is 2.33. The molecule has 0 unspecified atom stereocenters. The molecular formula is C20H18F3NO3. The second-order valence-electron chi connectivity index (χ2n) is 5.84. The van der Waals surface area contributed by atoms with Crippen LogP contribution in [-0.2, 0) is 11.0 Å². The Balaban J connectivity index is 1.99. The van der Waals surface area contributed by atoms with Crippen LogP contribution in [0, 0.1) is 0 Å². The molecule has 1 aliphatic heterocycles. The number of fused-ring (bicyclic) bond motifs is 1. The van der Waals surface area contributed by atoms with E-state index in [1.807, 2.05) is 13.8 Å². The summed E-state index contributed by atoms with van der Waals surface area (Å²) in [5.74, 6) is 0.684. The van der Waals surface area contributed by atoms with Crippen molar-refractivity contribution in [3.8, 4) is 11.5 Å². The zero-order valence-corrected chi connectivity index (χ0v) is 14.8. The van der Waals surface area contributed by atoms with E-state index in [9.17, 15) is 18.0 Å². The Morgan fingerprint density at radius 1 is 1.00 bits per heavy atom. The number of anilines is 1. The van der Waals surface area contributed by atoms with Gasteiger partial charge in [0.2, 0.25) is 0 Å². The lowest BCUT2D eigenvalue weighted by Crippen LogP contribution is -2.06. The summed E-state index contributed by atoms with van der Waals surface area (Å²) in [7, 11) is 0. The first kappa shape index (κ1) is 18.8. The van der Waals surface area contributed by atoms with E-state index in [0.29, 0.717) is 41.4 Å². The topological polar surface area (TPSA) is 47.6 Å². The molecule has 7 heteroatoms. The first-order valence-corrected chi connectivity index (χ1v) is 8.47. The molecule has 1 heterocycles. The fourth-order valence-electron chi connectivity index (χ4n) is 2.84. The molecule has 0 aromatic heterocycles. The van der Waals surface area contributed by atoms with Gasteiger partial charge < -0.3 is 14.8 Å². The molecule has 1 amide bonds. The van der Waals surface area contributed by atoms with Gasteiger partial charge in [0, 0.05) is 16.8 Å². The van der Waals surface area contributed by atoms with Gasteiger partial charge in [-0.1, -0.05) is 12.1 Å². The third-order valence-electron chi connectivity index (χ3n) is 4.01. The maximum Gasteiger partial charge on any atom is 0.416 e. The fourth-order valence-corrected chi connectivity index (χ4v) is 2.84. The Hall–Kier alpha value is -2.96. The van der Waals surface area contributed by atoms with Crippen molar-refractivity contribution in [2.24, 2.45) is 0 Å². The molecule has 27 heavy (non-hydrogen) atoms. The van der Waals surface area contributed by atoms with Crippen LogP contribution in [0.25, 0.3) is 11.6 Å². The van der Waals surface area contributed by atoms with Crippen molar-refractivity contribution < 1.29 is 27.4 Å². The summed E-state index contributed by atoms with van der Waals surface area (Å²) < 4.78 is 49.7. The number of rotatable bonds is 5. The molecule has 0 spiro atoms. The van der Waals surface area contributed by atoms with Gasteiger partial charge in [-0.15, -0.1) is 0 Å². The highest BCUT2D eigenvalue weighted by atomic mass is 19.4. The molecule has 0 saturated carbocycles. The molecule has 0 atom stereocenters.